The first-order valence-corrected chi connectivity index (χ1v) is 14.4. The molecule has 0 aliphatic heterocycles. The van der Waals surface area contributed by atoms with Crippen molar-refractivity contribution in [3.05, 3.63) is 34.1 Å². The van der Waals surface area contributed by atoms with Gasteiger partial charge in [0.05, 0.1) is 5.56 Å². The van der Waals surface area contributed by atoms with Crippen molar-refractivity contribution in [2.24, 2.45) is 24.8 Å². The molecule has 6 rings (SSSR count). The minimum Gasteiger partial charge on any atom is -0.352 e. The number of aromatic nitrogens is 5. The van der Waals surface area contributed by atoms with Crippen LogP contribution in [0.4, 0.5) is 34.3 Å². The molecule has 0 bridgehead atoms. The summed E-state index contributed by atoms with van der Waals surface area (Å²) in [6, 6.07) is 1.08. The Morgan fingerprint density at radius 1 is 1.27 bits per heavy atom. The Morgan fingerprint density at radius 3 is 2.68 bits per heavy atom. The third-order valence-electron chi connectivity index (χ3n) is 8.20. The minimum atomic E-state index is -2.71. The quantitative estimate of drug-likeness (QED) is 0.305. The molecule has 3 atom stereocenters. The summed E-state index contributed by atoms with van der Waals surface area (Å²) in [7, 11) is 1.54. The molecule has 0 radical (unpaired) electrons. The van der Waals surface area contributed by atoms with Crippen molar-refractivity contribution in [3.8, 4) is 0 Å². The van der Waals surface area contributed by atoms with E-state index in [1.807, 2.05) is 6.92 Å². The van der Waals surface area contributed by atoms with Gasteiger partial charge in [0.2, 0.25) is 17.8 Å². The summed E-state index contributed by atoms with van der Waals surface area (Å²) in [4.78, 5) is 27.3. The molecule has 220 valence electrons. The van der Waals surface area contributed by atoms with Crippen molar-refractivity contribution in [3.63, 3.8) is 0 Å². The van der Waals surface area contributed by atoms with E-state index in [2.05, 4.69) is 31.2 Å². The van der Waals surface area contributed by atoms with Crippen LogP contribution in [0.5, 0.6) is 0 Å². The number of nitrogens with zero attached hydrogens (tertiary/aromatic N) is 5. The first-order chi connectivity index (χ1) is 19.5. The van der Waals surface area contributed by atoms with Gasteiger partial charge >= 0.3 is 0 Å². The van der Waals surface area contributed by atoms with Crippen molar-refractivity contribution < 1.29 is 27.2 Å². The third-order valence-corrected chi connectivity index (χ3v) is 9.41. The summed E-state index contributed by atoms with van der Waals surface area (Å²) in [6.45, 7) is 2.14. The standard InChI is InChI=1S/C26H30F4N8O2S/c1-12-5-15(12)22(39)34-24-20(23(40)31-10-13-8-26(29,30)9-13)16-6-14(3-4-18(16)41-24)38-11-32-35-25(38)33-19-7-17(21(27)28)36-37(19)2/h7,11-15,21H,3-6,8-10H2,1-2H3,(H,31,40)(H,33,35)(H,34,39)/t12-,14?,15-/m0/s1. The van der Waals surface area contributed by atoms with Crippen molar-refractivity contribution in [1.82, 2.24) is 29.9 Å². The van der Waals surface area contributed by atoms with Gasteiger partial charge in [0.1, 0.15) is 22.8 Å². The van der Waals surface area contributed by atoms with Crippen LogP contribution in [0.3, 0.4) is 0 Å². The molecular weight excluding hydrogens is 564 g/mol. The Hall–Kier alpha value is -3.49. The average molecular weight is 595 g/mol. The van der Waals surface area contributed by atoms with Gasteiger partial charge in [-0.1, -0.05) is 6.92 Å². The van der Waals surface area contributed by atoms with E-state index >= 15 is 0 Å². The van der Waals surface area contributed by atoms with E-state index in [1.165, 1.54) is 22.1 Å². The van der Waals surface area contributed by atoms with Gasteiger partial charge < -0.3 is 16.0 Å². The van der Waals surface area contributed by atoms with Gasteiger partial charge in [-0.2, -0.15) is 5.10 Å². The highest BCUT2D eigenvalue weighted by Gasteiger charge is 2.45. The lowest BCUT2D eigenvalue weighted by atomic mass is 9.81. The number of hydrogen-bond donors (Lipinski definition) is 3. The highest BCUT2D eigenvalue weighted by atomic mass is 32.1. The SMILES string of the molecule is C[C@H]1C[C@@H]1C(=O)Nc1sc2c(c1C(=O)NCC1CC(F)(F)C1)CC(n1cnnc1Nc1cc(C(F)F)nn1C)CC2. The molecule has 0 spiro atoms. The number of halogens is 4. The van der Waals surface area contributed by atoms with Gasteiger partial charge in [0, 0.05) is 49.3 Å². The number of aryl methyl sites for hydroxylation is 2. The van der Waals surface area contributed by atoms with Gasteiger partial charge in [-0.25, -0.2) is 17.6 Å². The zero-order valence-corrected chi connectivity index (χ0v) is 23.3. The maximum Gasteiger partial charge on any atom is 0.282 e. The molecule has 1 unspecified atom stereocenters. The molecule has 3 N–H and O–H groups in total. The number of rotatable bonds is 9. The van der Waals surface area contributed by atoms with Gasteiger partial charge in [-0.05, 0) is 43.1 Å². The smallest absolute Gasteiger partial charge is 0.282 e. The van der Waals surface area contributed by atoms with Crippen LogP contribution in [0.2, 0.25) is 0 Å². The molecule has 0 saturated heterocycles. The summed E-state index contributed by atoms with van der Waals surface area (Å²) in [5.41, 5.74) is 0.804. The number of thiophene rings is 1. The second kappa shape index (κ2) is 10.4. The van der Waals surface area contributed by atoms with E-state index in [0.29, 0.717) is 47.5 Å². The maximum absolute atomic E-state index is 13.5. The molecule has 2 amide bonds. The van der Waals surface area contributed by atoms with E-state index in [9.17, 15) is 27.2 Å². The Kier molecular flexibility index (Phi) is 7.02. The highest BCUT2D eigenvalue weighted by molar-refractivity contribution is 7.17. The van der Waals surface area contributed by atoms with E-state index in [4.69, 9.17) is 0 Å². The Balaban J connectivity index is 1.24. The molecule has 2 saturated carbocycles. The molecular formula is C26H30F4N8O2S. The average Bonchev–Trinajstić information content (AvgIpc) is 3.20. The molecule has 3 aliphatic rings. The van der Waals surface area contributed by atoms with Crippen LogP contribution in [0.15, 0.2) is 12.4 Å². The lowest BCUT2D eigenvalue weighted by molar-refractivity contribution is -0.117. The summed E-state index contributed by atoms with van der Waals surface area (Å²) in [5.74, 6) is -2.61. The number of carbonyl (C=O) groups is 2. The lowest BCUT2D eigenvalue weighted by Gasteiger charge is -2.34. The normalized spacial score (nSPS) is 23.1. The minimum absolute atomic E-state index is 0.0850. The summed E-state index contributed by atoms with van der Waals surface area (Å²) < 4.78 is 56.0. The highest BCUT2D eigenvalue weighted by Crippen LogP contribution is 2.45. The van der Waals surface area contributed by atoms with Crippen molar-refractivity contribution in [2.45, 2.75) is 63.8 Å². The predicted molar refractivity (Wildman–Crippen MR) is 143 cm³/mol. The first kappa shape index (κ1) is 27.7. The van der Waals surface area contributed by atoms with Crippen LogP contribution in [0.25, 0.3) is 0 Å². The van der Waals surface area contributed by atoms with Crippen LogP contribution < -0.4 is 16.0 Å². The number of carbonyl (C=O) groups excluding carboxylic acids is 2. The third kappa shape index (κ3) is 5.55. The molecule has 3 aromatic heterocycles. The zero-order chi connectivity index (χ0) is 29.1. The lowest BCUT2D eigenvalue weighted by Crippen LogP contribution is -2.42. The number of alkyl halides is 4. The Labute approximate surface area is 236 Å². The molecule has 3 heterocycles. The number of hydrogen-bond acceptors (Lipinski definition) is 7. The monoisotopic (exact) mass is 594 g/mol. The fourth-order valence-corrected chi connectivity index (χ4v) is 6.95. The first-order valence-electron chi connectivity index (χ1n) is 13.6. The summed E-state index contributed by atoms with van der Waals surface area (Å²) in [6.07, 6.45) is 0.892. The van der Waals surface area contributed by atoms with Crippen molar-refractivity contribution in [2.75, 3.05) is 17.2 Å². The molecule has 3 aliphatic carbocycles. The number of nitrogens with one attached hydrogen (secondary N) is 3. The topological polar surface area (TPSA) is 119 Å². The zero-order valence-electron chi connectivity index (χ0n) is 22.5. The number of fused-ring (bicyclic) bond motifs is 1. The molecule has 10 nitrogen and oxygen atoms in total. The summed E-state index contributed by atoms with van der Waals surface area (Å²) in [5, 5.41) is 21.2. The van der Waals surface area contributed by atoms with Crippen LogP contribution in [0, 0.1) is 17.8 Å². The Morgan fingerprint density at radius 2 is 2.02 bits per heavy atom. The molecule has 3 aromatic rings. The maximum atomic E-state index is 13.5. The van der Waals surface area contributed by atoms with Crippen molar-refractivity contribution >= 4 is 39.9 Å². The van der Waals surface area contributed by atoms with Crippen LogP contribution in [0.1, 0.15) is 71.6 Å². The largest absolute Gasteiger partial charge is 0.352 e. The second-order valence-corrected chi connectivity index (χ2v) is 12.4. The van der Waals surface area contributed by atoms with Gasteiger partial charge in [-0.15, -0.1) is 21.5 Å². The van der Waals surface area contributed by atoms with E-state index in [-0.39, 0.29) is 48.9 Å². The summed E-state index contributed by atoms with van der Waals surface area (Å²) >= 11 is 1.38. The van der Waals surface area contributed by atoms with Crippen molar-refractivity contribution in [1.29, 1.82) is 0 Å². The van der Waals surface area contributed by atoms with Gasteiger partial charge in [0.25, 0.3) is 12.3 Å². The van der Waals surface area contributed by atoms with Gasteiger partial charge in [-0.3, -0.25) is 18.8 Å². The fourth-order valence-electron chi connectivity index (χ4n) is 5.70. The molecule has 0 aromatic carbocycles. The predicted octanol–water partition coefficient (Wildman–Crippen LogP) is 4.85. The fraction of sp³-hybridized carbons (Fsp3) is 0.577. The van der Waals surface area contributed by atoms with E-state index in [1.54, 1.807) is 17.9 Å². The van der Waals surface area contributed by atoms with E-state index in [0.717, 1.165) is 16.9 Å². The van der Waals surface area contributed by atoms with Gasteiger partial charge in [0.15, 0.2) is 0 Å². The number of amides is 2. The van der Waals surface area contributed by atoms with Crippen LogP contribution in [-0.2, 0) is 24.7 Å². The number of anilines is 3. The molecule has 15 heteroatoms. The van der Waals surface area contributed by atoms with Crippen LogP contribution >= 0.6 is 11.3 Å². The Bertz CT molecular complexity index is 1480. The van der Waals surface area contributed by atoms with Crippen LogP contribution in [-0.4, -0.2) is 48.8 Å². The molecule has 2 fully saturated rings. The van der Waals surface area contributed by atoms with E-state index < -0.39 is 18.3 Å². The second-order valence-electron chi connectivity index (χ2n) is 11.3. The molecule has 41 heavy (non-hydrogen) atoms.